The zero-order valence-electron chi connectivity index (χ0n) is 15.7. The number of hydrogen-bond donors (Lipinski definition) is 2. The average molecular weight is 373 g/mol. The van der Waals surface area contributed by atoms with Crippen LogP contribution in [0.15, 0.2) is 12.3 Å². The van der Waals surface area contributed by atoms with Gasteiger partial charge < -0.3 is 24.6 Å². The van der Waals surface area contributed by atoms with Gasteiger partial charge in [-0.3, -0.25) is 0 Å². The zero-order valence-corrected chi connectivity index (χ0v) is 15.7. The Labute approximate surface area is 158 Å². The van der Waals surface area contributed by atoms with Crippen LogP contribution in [0.4, 0.5) is 11.8 Å². The van der Waals surface area contributed by atoms with Crippen LogP contribution in [0.25, 0.3) is 0 Å². The molecule has 27 heavy (non-hydrogen) atoms. The van der Waals surface area contributed by atoms with Crippen molar-refractivity contribution in [2.75, 3.05) is 36.0 Å². The molecule has 1 atom stereocenters. The fraction of sp³-hybridized carbons (Fsp3) is 0.667. The molecule has 0 spiro atoms. The van der Waals surface area contributed by atoms with Crippen LogP contribution in [-0.2, 0) is 20.1 Å². The predicted molar refractivity (Wildman–Crippen MR) is 100 cm³/mol. The molecule has 0 bridgehead atoms. The van der Waals surface area contributed by atoms with E-state index in [4.69, 9.17) is 4.98 Å². The molecule has 2 aliphatic heterocycles. The molecule has 2 aromatic heterocycles. The lowest BCUT2D eigenvalue weighted by Gasteiger charge is -2.32. The van der Waals surface area contributed by atoms with E-state index in [1.54, 1.807) is 0 Å². The molecule has 2 aromatic rings. The first kappa shape index (κ1) is 18.1. The molecule has 4 rings (SSSR count). The van der Waals surface area contributed by atoms with E-state index in [-0.39, 0.29) is 12.7 Å². The number of aliphatic hydroxyl groups is 2. The molecule has 0 saturated carbocycles. The third-order valence-corrected chi connectivity index (χ3v) is 5.68. The van der Waals surface area contributed by atoms with Gasteiger partial charge in [-0.2, -0.15) is 4.98 Å². The summed E-state index contributed by atoms with van der Waals surface area (Å²) < 4.78 is 1.89. The van der Waals surface area contributed by atoms with Crippen LogP contribution >= 0.6 is 0 Å². The molecule has 0 aliphatic carbocycles. The SMILES string of the molecule is Cn1c(CO)nnc1CC1CCN(c2nccc(N3CCC(O)C3)n2)CC1. The summed E-state index contributed by atoms with van der Waals surface area (Å²) in [7, 11) is 1.91. The number of hydrogen-bond acceptors (Lipinski definition) is 8. The van der Waals surface area contributed by atoms with Crippen LogP contribution in [0, 0.1) is 5.92 Å². The van der Waals surface area contributed by atoms with E-state index in [0.29, 0.717) is 18.3 Å². The molecule has 2 N–H and O–H groups in total. The minimum atomic E-state index is -0.258. The van der Waals surface area contributed by atoms with Crippen LogP contribution in [0.1, 0.15) is 30.9 Å². The first-order valence-corrected chi connectivity index (χ1v) is 9.63. The molecule has 2 aliphatic rings. The van der Waals surface area contributed by atoms with Gasteiger partial charge in [0.15, 0.2) is 5.82 Å². The number of β-amino-alcohol motifs (C(OH)–C–C–N with tert-alkyl or cyclic N) is 1. The monoisotopic (exact) mass is 373 g/mol. The Bertz CT molecular complexity index is 773. The summed E-state index contributed by atoms with van der Waals surface area (Å²) in [4.78, 5) is 13.5. The molecule has 0 aromatic carbocycles. The Morgan fingerprint density at radius 2 is 1.81 bits per heavy atom. The molecule has 0 radical (unpaired) electrons. The lowest BCUT2D eigenvalue weighted by molar-refractivity contribution is 0.198. The van der Waals surface area contributed by atoms with E-state index in [1.165, 1.54) is 0 Å². The molecule has 4 heterocycles. The smallest absolute Gasteiger partial charge is 0.227 e. The van der Waals surface area contributed by atoms with E-state index < -0.39 is 0 Å². The molecule has 1 unspecified atom stereocenters. The third kappa shape index (κ3) is 3.89. The van der Waals surface area contributed by atoms with Gasteiger partial charge in [-0.25, -0.2) is 4.98 Å². The van der Waals surface area contributed by atoms with Crippen molar-refractivity contribution in [3.63, 3.8) is 0 Å². The van der Waals surface area contributed by atoms with Crippen molar-refractivity contribution in [1.82, 2.24) is 24.7 Å². The van der Waals surface area contributed by atoms with Crippen molar-refractivity contribution in [3.05, 3.63) is 23.9 Å². The van der Waals surface area contributed by atoms with Crippen LogP contribution in [-0.4, -0.2) is 67.2 Å². The minimum absolute atomic E-state index is 0.0797. The fourth-order valence-corrected chi connectivity index (χ4v) is 3.93. The predicted octanol–water partition coefficient (Wildman–Crippen LogP) is 0.127. The van der Waals surface area contributed by atoms with E-state index in [0.717, 1.165) is 62.9 Å². The van der Waals surface area contributed by atoms with Gasteiger partial charge in [0.05, 0.1) is 6.10 Å². The molecule has 146 valence electrons. The second-order valence-electron chi connectivity index (χ2n) is 7.49. The van der Waals surface area contributed by atoms with Gasteiger partial charge in [-0.05, 0) is 31.2 Å². The summed E-state index contributed by atoms with van der Waals surface area (Å²) in [6, 6.07) is 1.92. The summed E-state index contributed by atoms with van der Waals surface area (Å²) in [5.74, 6) is 3.76. The van der Waals surface area contributed by atoms with E-state index in [9.17, 15) is 10.2 Å². The standard InChI is InChI=1S/C18H27N7O2/c1-23-16(21-22-17(23)12-26)10-13-3-7-24(8-4-13)18-19-6-2-15(20-18)25-9-5-14(27)11-25/h2,6,13-14,26-27H,3-5,7-12H2,1H3. The Morgan fingerprint density at radius 3 is 2.48 bits per heavy atom. The Balaban J connectivity index is 1.36. The van der Waals surface area contributed by atoms with Gasteiger partial charge in [-0.1, -0.05) is 0 Å². The highest BCUT2D eigenvalue weighted by Crippen LogP contribution is 2.25. The number of nitrogens with zero attached hydrogens (tertiary/aromatic N) is 7. The summed E-state index contributed by atoms with van der Waals surface area (Å²) in [6.07, 6.45) is 5.33. The first-order valence-electron chi connectivity index (χ1n) is 9.63. The second kappa shape index (κ2) is 7.77. The van der Waals surface area contributed by atoms with Crippen molar-refractivity contribution >= 4 is 11.8 Å². The quantitative estimate of drug-likeness (QED) is 0.762. The van der Waals surface area contributed by atoms with Gasteiger partial charge in [0.25, 0.3) is 0 Å². The maximum absolute atomic E-state index is 9.75. The summed E-state index contributed by atoms with van der Waals surface area (Å²) in [6.45, 7) is 3.24. The second-order valence-corrected chi connectivity index (χ2v) is 7.49. The molecular formula is C18H27N7O2. The minimum Gasteiger partial charge on any atom is -0.391 e. The maximum Gasteiger partial charge on any atom is 0.227 e. The van der Waals surface area contributed by atoms with Gasteiger partial charge in [0, 0.05) is 45.8 Å². The van der Waals surface area contributed by atoms with Crippen LogP contribution in [0.3, 0.4) is 0 Å². The number of aromatic nitrogens is 5. The van der Waals surface area contributed by atoms with E-state index >= 15 is 0 Å². The Morgan fingerprint density at radius 1 is 1.07 bits per heavy atom. The van der Waals surface area contributed by atoms with Crippen LogP contribution < -0.4 is 9.80 Å². The van der Waals surface area contributed by atoms with E-state index in [2.05, 4.69) is 25.0 Å². The van der Waals surface area contributed by atoms with Gasteiger partial charge >= 0.3 is 0 Å². The van der Waals surface area contributed by atoms with Crippen molar-refractivity contribution in [2.24, 2.45) is 13.0 Å². The van der Waals surface area contributed by atoms with Gasteiger partial charge in [0.1, 0.15) is 18.2 Å². The number of aliphatic hydroxyl groups excluding tert-OH is 2. The molecule has 2 fully saturated rings. The largest absolute Gasteiger partial charge is 0.391 e. The summed E-state index contributed by atoms with van der Waals surface area (Å²) in [5, 5.41) is 27.2. The highest BCUT2D eigenvalue weighted by Gasteiger charge is 2.25. The highest BCUT2D eigenvalue weighted by atomic mass is 16.3. The molecule has 9 nitrogen and oxygen atoms in total. The van der Waals surface area contributed by atoms with Gasteiger partial charge in [0.2, 0.25) is 5.95 Å². The number of rotatable bonds is 5. The molecule has 2 saturated heterocycles. The fourth-order valence-electron chi connectivity index (χ4n) is 3.93. The Kier molecular flexibility index (Phi) is 5.22. The van der Waals surface area contributed by atoms with Crippen molar-refractivity contribution in [2.45, 2.75) is 38.4 Å². The molecule has 0 amide bonds. The third-order valence-electron chi connectivity index (χ3n) is 5.68. The zero-order chi connectivity index (χ0) is 18.8. The van der Waals surface area contributed by atoms with Crippen molar-refractivity contribution in [3.8, 4) is 0 Å². The first-order chi connectivity index (χ1) is 13.1. The number of anilines is 2. The maximum atomic E-state index is 9.75. The topological polar surface area (TPSA) is 103 Å². The average Bonchev–Trinajstić information content (AvgIpc) is 3.28. The summed E-state index contributed by atoms with van der Waals surface area (Å²) >= 11 is 0. The normalized spacial score (nSPS) is 21.2. The Hall–Kier alpha value is -2.26. The van der Waals surface area contributed by atoms with E-state index in [1.807, 2.05) is 23.9 Å². The van der Waals surface area contributed by atoms with Crippen molar-refractivity contribution in [1.29, 1.82) is 0 Å². The molecule has 9 heteroatoms. The molecular weight excluding hydrogens is 346 g/mol. The van der Waals surface area contributed by atoms with Crippen molar-refractivity contribution < 1.29 is 10.2 Å². The van der Waals surface area contributed by atoms with Crippen LogP contribution in [0.5, 0.6) is 0 Å². The van der Waals surface area contributed by atoms with Crippen LogP contribution in [0.2, 0.25) is 0 Å². The summed E-state index contributed by atoms with van der Waals surface area (Å²) in [5.41, 5.74) is 0. The number of piperidine rings is 1. The highest BCUT2D eigenvalue weighted by molar-refractivity contribution is 5.45. The van der Waals surface area contributed by atoms with Gasteiger partial charge in [-0.15, -0.1) is 10.2 Å². The lowest BCUT2D eigenvalue weighted by atomic mass is 9.93. The lowest BCUT2D eigenvalue weighted by Crippen LogP contribution is -2.36.